The van der Waals surface area contributed by atoms with Crippen LogP contribution in [0.4, 0.5) is 0 Å². The molecule has 0 amide bonds. The molecule has 0 spiro atoms. The Hall–Kier alpha value is -0.760. The summed E-state index contributed by atoms with van der Waals surface area (Å²) >= 11 is 1.81. The van der Waals surface area contributed by atoms with Crippen LogP contribution in [0.1, 0.15) is 5.69 Å². The van der Waals surface area contributed by atoms with Gasteiger partial charge in [0.25, 0.3) is 0 Å². The van der Waals surface area contributed by atoms with E-state index >= 15 is 0 Å². The third-order valence-electron chi connectivity index (χ3n) is 1.89. The zero-order valence-corrected chi connectivity index (χ0v) is 6.90. The Morgan fingerprint density at radius 2 is 2.30 bits per heavy atom. The molecular formula is C8H9NS. The van der Waals surface area contributed by atoms with Crippen LogP contribution in [-0.4, -0.2) is 4.57 Å². The van der Waals surface area contributed by atoms with Crippen molar-refractivity contribution in [2.45, 2.75) is 6.92 Å². The van der Waals surface area contributed by atoms with Crippen LogP contribution in [0.5, 0.6) is 0 Å². The van der Waals surface area contributed by atoms with Gasteiger partial charge in [-0.1, -0.05) is 0 Å². The molecule has 0 bridgehead atoms. The number of hydrogen-bond acceptors (Lipinski definition) is 1. The molecule has 2 heterocycles. The van der Waals surface area contributed by atoms with Crippen LogP contribution < -0.4 is 0 Å². The molecule has 1 nitrogen and oxygen atoms in total. The minimum Gasteiger partial charge on any atom is -0.353 e. The molecule has 0 radical (unpaired) electrons. The molecule has 0 unspecified atom stereocenters. The van der Waals surface area contributed by atoms with E-state index in [2.05, 4.69) is 36.2 Å². The zero-order chi connectivity index (χ0) is 7.14. The molecule has 0 aliphatic rings. The number of nitrogens with zero attached hydrogens (tertiary/aromatic N) is 1. The molecule has 0 fully saturated rings. The van der Waals surface area contributed by atoms with Crippen molar-refractivity contribution >= 4 is 21.4 Å². The van der Waals surface area contributed by atoms with E-state index in [-0.39, 0.29) is 0 Å². The molecule has 2 aromatic rings. The first-order valence-electron chi connectivity index (χ1n) is 3.28. The van der Waals surface area contributed by atoms with Gasteiger partial charge in [-0.2, -0.15) is 0 Å². The molecule has 2 rings (SSSR count). The summed E-state index contributed by atoms with van der Waals surface area (Å²) in [5.74, 6) is 0. The van der Waals surface area contributed by atoms with E-state index in [4.69, 9.17) is 0 Å². The molecule has 0 aromatic carbocycles. The van der Waals surface area contributed by atoms with Gasteiger partial charge in [-0.15, -0.1) is 11.3 Å². The molecule has 0 N–H and O–H groups in total. The number of hydrogen-bond donors (Lipinski definition) is 0. The lowest BCUT2D eigenvalue weighted by molar-refractivity contribution is 0.890. The summed E-state index contributed by atoms with van der Waals surface area (Å²) in [5, 5.41) is 3.50. The number of aryl methyl sites for hydroxylation is 2. The maximum absolute atomic E-state index is 2.17. The van der Waals surface area contributed by atoms with Crippen molar-refractivity contribution < 1.29 is 0 Å². The van der Waals surface area contributed by atoms with Gasteiger partial charge < -0.3 is 4.57 Å². The average Bonchev–Trinajstić information content (AvgIpc) is 2.41. The SMILES string of the molecule is Cc1c2sccc2cn1C. The van der Waals surface area contributed by atoms with E-state index in [1.54, 1.807) is 0 Å². The second kappa shape index (κ2) is 1.86. The molecule has 0 atom stereocenters. The fourth-order valence-corrected chi connectivity index (χ4v) is 2.10. The van der Waals surface area contributed by atoms with Crippen LogP contribution in [0.3, 0.4) is 0 Å². The maximum atomic E-state index is 2.17. The fourth-order valence-electron chi connectivity index (χ4n) is 1.18. The van der Waals surface area contributed by atoms with Crippen LogP contribution >= 0.6 is 11.3 Å². The number of rotatable bonds is 0. The molecule has 2 heteroatoms. The lowest BCUT2D eigenvalue weighted by atomic mass is 10.4. The Bertz CT molecular complexity index is 356. The first-order valence-corrected chi connectivity index (χ1v) is 4.16. The van der Waals surface area contributed by atoms with Gasteiger partial charge in [0.15, 0.2) is 0 Å². The van der Waals surface area contributed by atoms with E-state index in [1.807, 2.05) is 11.3 Å². The van der Waals surface area contributed by atoms with Gasteiger partial charge in [0.2, 0.25) is 0 Å². The smallest absolute Gasteiger partial charge is 0.0549 e. The summed E-state index contributed by atoms with van der Waals surface area (Å²) in [7, 11) is 2.09. The Labute approximate surface area is 63.9 Å². The first kappa shape index (κ1) is 5.98. The fraction of sp³-hybridized carbons (Fsp3) is 0.250. The van der Waals surface area contributed by atoms with E-state index in [0.29, 0.717) is 0 Å². The molecular weight excluding hydrogens is 142 g/mol. The highest BCUT2D eigenvalue weighted by Gasteiger charge is 2.01. The summed E-state index contributed by atoms with van der Waals surface area (Å²) in [4.78, 5) is 0. The lowest BCUT2D eigenvalue weighted by Crippen LogP contribution is -1.85. The zero-order valence-electron chi connectivity index (χ0n) is 6.09. The predicted molar refractivity (Wildman–Crippen MR) is 45.5 cm³/mol. The molecule has 0 aliphatic carbocycles. The standard InChI is InChI=1S/C8H9NS/c1-6-8-7(3-4-10-8)5-9(6)2/h3-5H,1-2H3. The maximum Gasteiger partial charge on any atom is 0.0549 e. The molecule has 2 aromatic heterocycles. The first-order chi connectivity index (χ1) is 4.79. The highest BCUT2D eigenvalue weighted by Crippen LogP contribution is 2.24. The van der Waals surface area contributed by atoms with Crippen LogP contribution in [0.2, 0.25) is 0 Å². The highest BCUT2D eigenvalue weighted by molar-refractivity contribution is 7.17. The van der Waals surface area contributed by atoms with Crippen molar-refractivity contribution in [2.75, 3.05) is 0 Å². The van der Waals surface area contributed by atoms with Crippen LogP contribution in [0.25, 0.3) is 10.1 Å². The minimum absolute atomic E-state index is 1.37. The van der Waals surface area contributed by atoms with Crippen molar-refractivity contribution in [3.8, 4) is 0 Å². The monoisotopic (exact) mass is 151 g/mol. The van der Waals surface area contributed by atoms with E-state index in [0.717, 1.165) is 0 Å². The van der Waals surface area contributed by atoms with Crippen LogP contribution in [0.15, 0.2) is 17.6 Å². The van der Waals surface area contributed by atoms with Gasteiger partial charge in [0, 0.05) is 24.3 Å². The van der Waals surface area contributed by atoms with E-state index in [1.165, 1.54) is 15.8 Å². The number of fused-ring (bicyclic) bond motifs is 1. The molecule has 0 saturated heterocycles. The Morgan fingerprint density at radius 1 is 1.50 bits per heavy atom. The Kier molecular flexibility index (Phi) is 1.11. The van der Waals surface area contributed by atoms with Gasteiger partial charge in [-0.05, 0) is 18.4 Å². The number of aromatic nitrogens is 1. The van der Waals surface area contributed by atoms with Gasteiger partial charge in [-0.3, -0.25) is 0 Å². The molecule has 0 saturated carbocycles. The molecule has 10 heavy (non-hydrogen) atoms. The second-order valence-electron chi connectivity index (χ2n) is 2.53. The van der Waals surface area contributed by atoms with Crippen LogP contribution in [0, 0.1) is 6.92 Å². The van der Waals surface area contributed by atoms with Crippen molar-refractivity contribution in [3.63, 3.8) is 0 Å². The lowest BCUT2D eigenvalue weighted by Gasteiger charge is -1.91. The Balaban J connectivity index is 2.95. The van der Waals surface area contributed by atoms with Gasteiger partial charge in [0.1, 0.15) is 0 Å². The molecule has 0 aliphatic heterocycles. The summed E-state index contributed by atoms with van der Waals surface area (Å²) in [6.07, 6.45) is 2.17. The Morgan fingerprint density at radius 3 is 3.00 bits per heavy atom. The quantitative estimate of drug-likeness (QED) is 0.545. The van der Waals surface area contributed by atoms with Crippen molar-refractivity contribution in [1.82, 2.24) is 4.57 Å². The summed E-state index contributed by atoms with van der Waals surface area (Å²) in [5.41, 5.74) is 1.37. The van der Waals surface area contributed by atoms with Gasteiger partial charge in [-0.25, -0.2) is 0 Å². The second-order valence-corrected chi connectivity index (χ2v) is 3.45. The molecule has 52 valence electrons. The normalized spacial score (nSPS) is 11.0. The van der Waals surface area contributed by atoms with Gasteiger partial charge in [0.05, 0.1) is 4.70 Å². The third-order valence-corrected chi connectivity index (χ3v) is 2.93. The minimum atomic E-state index is 1.37. The largest absolute Gasteiger partial charge is 0.353 e. The van der Waals surface area contributed by atoms with Crippen LogP contribution in [-0.2, 0) is 7.05 Å². The predicted octanol–water partition coefficient (Wildman–Crippen LogP) is 2.55. The summed E-state index contributed by atoms with van der Waals surface area (Å²) < 4.78 is 3.59. The topological polar surface area (TPSA) is 4.93 Å². The van der Waals surface area contributed by atoms with E-state index < -0.39 is 0 Å². The summed E-state index contributed by atoms with van der Waals surface area (Å²) in [6, 6.07) is 2.16. The number of thiophene rings is 1. The van der Waals surface area contributed by atoms with Crippen molar-refractivity contribution in [2.24, 2.45) is 7.05 Å². The van der Waals surface area contributed by atoms with Crippen molar-refractivity contribution in [1.29, 1.82) is 0 Å². The van der Waals surface area contributed by atoms with Crippen molar-refractivity contribution in [3.05, 3.63) is 23.3 Å². The van der Waals surface area contributed by atoms with E-state index in [9.17, 15) is 0 Å². The summed E-state index contributed by atoms with van der Waals surface area (Å²) in [6.45, 7) is 2.15. The third kappa shape index (κ3) is 0.625. The van der Waals surface area contributed by atoms with Gasteiger partial charge >= 0.3 is 0 Å². The average molecular weight is 151 g/mol. The highest BCUT2D eigenvalue weighted by atomic mass is 32.1.